The third-order valence-electron chi connectivity index (χ3n) is 5.07. The van der Waals surface area contributed by atoms with Crippen LogP contribution in [0.1, 0.15) is 17.7 Å². The van der Waals surface area contributed by atoms with Gasteiger partial charge in [-0.2, -0.15) is 0 Å². The summed E-state index contributed by atoms with van der Waals surface area (Å²) in [5.74, 6) is 0.190. The highest BCUT2D eigenvalue weighted by molar-refractivity contribution is 7.99. The highest BCUT2D eigenvalue weighted by Crippen LogP contribution is 2.36. The summed E-state index contributed by atoms with van der Waals surface area (Å²) in [7, 11) is 2.43. The largest absolute Gasteiger partial charge is 0.354 e. The first-order chi connectivity index (χ1) is 15.7. The van der Waals surface area contributed by atoms with Gasteiger partial charge in [0.25, 0.3) is 0 Å². The van der Waals surface area contributed by atoms with Gasteiger partial charge in [0, 0.05) is 39.1 Å². The molecule has 0 N–H and O–H groups in total. The number of hydrogen-bond donors (Lipinski definition) is 0. The van der Waals surface area contributed by atoms with E-state index in [9.17, 15) is 12.8 Å². The van der Waals surface area contributed by atoms with Crippen molar-refractivity contribution >= 4 is 21.8 Å². The van der Waals surface area contributed by atoms with Gasteiger partial charge in [0.1, 0.15) is 5.82 Å². The van der Waals surface area contributed by atoms with E-state index >= 15 is 0 Å². The van der Waals surface area contributed by atoms with Crippen molar-refractivity contribution in [2.75, 3.05) is 28.3 Å². The lowest BCUT2D eigenvalue weighted by Crippen LogP contribution is -2.22. The molecule has 3 aromatic rings. The van der Waals surface area contributed by atoms with Crippen LogP contribution in [-0.2, 0) is 26.0 Å². The number of halogens is 1. The minimum atomic E-state index is -3.61. The Hall–Kier alpha value is -2.31. The van der Waals surface area contributed by atoms with Crippen molar-refractivity contribution in [3.05, 3.63) is 59.9 Å². The molecule has 8 nitrogen and oxygen atoms in total. The second-order valence-electron chi connectivity index (χ2n) is 7.44. The first kappa shape index (κ1) is 25.3. The smallest absolute Gasteiger partial charge is 0.242 e. The predicted octanol–water partition coefficient (Wildman–Crippen LogP) is 3.81. The van der Waals surface area contributed by atoms with Gasteiger partial charge in [0.15, 0.2) is 17.3 Å². The Labute approximate surface area is 197 Å². The number of methoxy groups -OCH3 is 2. The Morgan fingerprint density at radius 2 is 1.76 bits per heavy atom. The first-order valence-electron chi connectivity index (χ1n) is 10.1. The zero-order valence-corrected chi connectivity index (χ0v) is 20.7. The van der Waals surface area contributed by atoms with Crippen molar-refractivity contribution in [2.45, 2.75) is 35.1 Å². The molecule has 0 spiro atoms. The molecule has 1 atom stereocenters. The summed E-state index contributed by atoms with van der Waals surface area (Å²) in [5.41, 5.74) is 1.53. The van der Waals surface area contributed by atoms with Gasteiger partial charge in [-0.05, 0) is 36.8 Å². The number of nitrogens with zero attached hydrogens (tertiary/aromatic N) is 4. The van der Waals surface area contributed by atoms with E-state index in [0.29, 0.717) is 23.1 Å². The van der Waals surface area contributed by atoms with E-state index in [0.717, 1.165) is 9.87 Å². The number of benzene rings is 2. The lowest BCUT2D eigenvalue weighted by molar-refractivity contribution is -0.111. The number of rotatable bonds is 10. The van der Waals surface area contributed by atoms with Crippen molar-refractivity contribution in [1.29, 1.82) is 0 Å². The van der Waals surface area contributed by atoms with Crippen LogP contribution in [0.2, 0.25) is 0 Å². The van der Waals surface area contributed by atoms with E-state index < -0.39 is 16.3 Å². The van der Waals surface area contributed by atoms with Gasteiger partial charge >= 0.3 is 0 Å². The maximum Gasteiger partial charge on any atom is 0.242 e. The molecule has 33 heavy (non-hydrogen) atoms. The molecule has 0 aliphatic rings. The van der Waals surface area contributed by atoms with Gasteiger partial charge in [-0.3, -0.25) is 4.57 Å². The van der Waals surface area contributed by atoms with Crippen LogP contribution in [0.25, 0.3) is 11.4 Å². The third-order valence-corrected chi connectivity index (χ3v) is 8.02. The fourth-order valence-corrected chi connectivity index (χ4v) is 5.05. The Balaban J connectivity index is 2.02. The topological polar surface area (TPSA) is 86.5 Å². The standard InChI is InChI=1S/C22H27FN4O4S2/c1-15(16-9-11-18(23)12-10-16)32-22-25-24-21(27(22)14-20(30-4)31-5)17-7-6-8-19(13-17)33(28,29)26(2)3/h6-13,15,20H,14H2,1-5H3. The van der Waals surface area contributed by atoms with Crippen LogP contribution in [0, 0.1) is 5.82 Å². The number of sulfonamides is 1. The number of hydrogen-bond acceptors (Lipinski definition) is 7. The molecule has 0 aliphatic carbocycles. The van der Waals surface area contributed by atoms with Gasteiger partial charge in [-0.1, -0.05) is 36.0 Å². The molecule has 0 aliphatic heterocycles. The highest BCUT2D eigenvalue weighted by Gasteiger charge is 2.23. The van der Waals surface area contributed by atoms with Crippen molar-refractivity contribution in [3.63, 3.8) is 0 Å². The number of thioether (sulfide) groups is 1. The minimum absolute atomic E-state index is 0.0367. The average Bonchev–Trinajstić information content (AvgIpc) is 3.19. The zero-order valence-electron chi connectivity index (χ0n) is 19.1. The molecule has 1 aromatic heterocycles. The van der Waals surface area contributed by atoms with Gasteiger partial charge < -0.3 is 9.47 Å². The molecule has 0 saturated heterocycles. The Kier molecular flexibility index (Phi) is 8.24. The summed E-state index contributed by atoms with van der Waals surface area (Å²) < 4.78 is 52.3. The van der Waals surface area contributed by atoms with Gasteiger partial charge in [0.2, 0.25) is 10.0 Å². The molecular weight excluding hydrogens is 467 g/mol. The summed E-state index contributed by atoms with van der Waals surface area (Å²) in [6.45, 7) is 2.28. The summed E-state index contributed by atoms with van der Waals surface area (Å²) in [4.78, 5) is 0.156. The second kappa shape index (κ2) is 10.7. The van der Waals surface area contributed by atoms with E-state index in [1.165, 1.54) is 52.2 Å². The lowest BCUT2D eigenvalue weighted by atomic mass is 10.2. The number of aromatic nitrogens is 3. The lowest BCUT2D eigenvalue weighted by Gasteiger charge is -2.18. The van der Waals surface area contributed by atoms with Gasteiger partial charge in [0.05, 0.1) is 11.4 Å². The van der Waals surface area contributed by atoms with Gasteiger partial charge in [-0.25, -0.2) is 17.1 Å². The predicted molar refractivity (Wildman–Crippen MR) is 125 cm³/mol. The molecule has 0 fully saturated rings. The third kappa shape index (κ3) is 5.79. The van der Waals surface area contributed by atoms with Crippen LogP contribution >= 0.6 is 11.8 Å². The van der Waals surface area contributed by atoms with E-state index in [1.54, 1.807) is 36.4 Å². The quantitative estimate of drug-likeness (QED) is 0.313. The normalized spacial score (nSPS) is 13.1. The molecule has 0 radical (unpaired) electrons. The fourth-order valence-electron chi connectivity index (χ4n) is 3.11. The van der Waals surface area contributed by atoms with E-state index in [-0.39, 0.29) is 16.0 Å². The molecule has 1 heterocycles. The molecular formula is C22H27FN4O4S2. The maximum atomic E-state index is 13.3. The Bertz CT molecular complexity index is 1180. The monoisotopic (exact) mass is 494 g/mol. The van der Waals surface area contributed by atoms with E-state index in [2.05, 4.69) is 10.2 Å². The molecule has 0 saturated carbocycles. The average molecular weight is 495 g/mol. The summed E-state index contributed by atoms with van der Waals surface area (Å²) in [6, 6.07) is 12.9. The molecule has 11 heteroatoms. The Morgan fingerprint density at radius 1 is 1.09 bits per heavy atom. The SMILES string of the molecule is COC(Cn1c(SC(C)c2ccc(F)cc2)nnc1-c1cccc(S(=O)(=O)N(C)C)c1)OC. The van der Waals surface area contributed by atoms with Crippen molar-refractivity contribution in [1.82, 2.24) is 19.1 Å². The van der Waals surface area contributed by atoms with Crippen LogP contribution in [-0.4, -0.2) is 62.1 Å². The summed E-state index contributed by atoms with van der Waals surface area (Å²) in [5, 5.41) is 9.27. The first-order valence-corrected chi connectivity index (χ1v) is 12.4. The number of ether oxygens (including phenoxy) is 2. The van der Waals surface area contributed by atoms with Crippen molar-refractivity contribution in [2.24, 2.45) is 0 Å². The molecule has 0 bridgehead atoms. The summed E-state index contributed by atoms with van der Waals surface area (Å²) in [6.07, 6.45) is -0.561. The van der Waals surface area contributed by atoms with Crippen molar-refractivity contribution < 1.29 is 22.3 Å². The van der Waals surface area contributed by atoms with Crippen LogP contribution in [0.15, 0.2) is 58.6 Å². The molecule has 1 unspecified atom stereocenters. The molecule has 0 amide bonds. The fraction of sp³-hybridized carbons (Fsp3) is 0.364. The Morgan fingerprint density at radius 3 is 2.36 bits per heavy atom. The zero-order chi connectivity index (χ0) is 24.2. The molecule has 3 rings (SSSR count). The van der Waals surface area contributed by atoms with Crippen LogP contribution < -0.4 is 0 Å². The van der Waals surface area contributed by atoms with Crippen LogP contribution in [0.5, 0.6) is 0 Å². The van der Waals surface area contributed by atoms with Crippen LogP contribution in [0.4, 0.5) is 4.39 Å². The summed E-state index contributed by atoms with van der Waals surface area (Å²) >= 11 is 1.45. The second-order valence-corrected chi connectivity index (χ2v) is 10.9. The van der Waals surface area contributed by atoms with Crippen molar-refractivity contribution in [3.8, 4) is 11.4 Å². The molecule has 2 aromatic carbocycles. The van der Waals surface area contributed by atoms with E-state index in [4.69, 9.17) is 9.47 Å². The van der Waals surface area contributed by atoms with E-state index in [1.807, 2.05) is 11.5 Å². The highest BCUT2D eigenvalue weighted by atomic mass is 32.2. The minimum Gasteiger partial charge on any atom is -0.354 e. The maximum absolute atomic E-state index is 13.3. The molecule has 178 valence electrons. The van der Waals surface area contributed by atoms with Crippen LogP contribution in [0.3, 0.4) is 0 Å². The van der Waals surface area contributed by atoms with Gasteiger partial charge in [-0.15, -0.1) is 10.2 Å².